The number of hydrogen-bond acceptors (Lipinski definition) is 8. The Morgan fingerprint density at radius 3 is 2.96 bits per heavy atom. The quantitative estimate of drug-likeness (QED) is 0.663. The molecule has 0 unspecified atom stereocenters. The van der Waals surface area contributed by atoms with Crippen LogP contribution in [0.3, 0.4) is 0 Å². The van der Waals surface area contributed by atoms with E-state index in [4.69, 9.17) is 4.74 Å². The van der Waals surface area contributed by atoms with Crippen molar-refractivity contribution in [2.75, 3.05) is 11.9 Å². The lowest BCUT2D eigenvalue weighted by molar-refractivity contribution is -0.116. The molecule has 0 aliphatic rings. The Morgan fingerprint density at radius 2 is 2.24 bits per heavy atom. The number of thiophene rings is 1. The number of aromatic nitrogens is 4. The number of aryl methyl sites for hydroxylation is 1. The van der Waals surface area contributed by atoms with Gasteiger partial charge in [0.2, 0.25) is 5.91 Å². The maximum Gasteiger partial charge on any atom is 0.350 e. The number of nitrogens with one attached hydrogen (secondary N) is 1. The Balaban J connectivity index is 1.63. The summed E-state index contributed by atoms with van der Waals surface area (Å²) in [5, 5.41) is 13.0. The van der Waals surface area contributed by atoms with E-state index in [0.717, 1.165) is 21.9 Å². The predicted octanol–water partition coefficient (Wildman–Crippen LogP) is 2.59. The molecule has 10 heteroatoms. The highest BCUT2D eigenvalue weighted by Gasteiger charge is 2.18. The molecule has 0 saturated carbocycles. The molecular formula is C15H15N5O3S2. The Labute approximate surface area is 151 Å². The van der Waals surface area contributed by atoms with E-state index in [1.165, 1.54) is 4.68 Å². The molecule has 0 aliphatic heterocycles. The summed E-state index contributed by atoms with van der Waals surface area (Å²) in [6.45, 7) is 3.73. The molecule has 0 atom stereocenters. The normalized spacial score (nSPS) is 10.6. The molecule has 8 nitrogen and oxygen atoms in total. The van der Waals surface area contributed by atoms with Gasteiger partial charge in [0.1, 0.15) is 17.1 Å². The SMILES string of the molecule is CCOC(=O)c1sc(NC(=O)Cn2cc(-c3cccs3)nn2)nc1C. The molecule has 1 N–H and O–H groups in total. The Kier molecular flexibility index (Phi) is 5.19. The minimum absolute atomic E-state index is 0.00570. The molecule has 0 bridgehead atoms. The topological polar surface area (TPSA) is 99.0 Å². The van der Waals surface area contributed by atoms with E-state index in [0.29, 0.717) is 15.7 Å². The van der Waals surface area contributed by atoms with Crippen molar-refractivity contribution in [2.45, 2.75) is 20.4 Å². The first-order valence-corrected chi connectivity index (χ1v) is 9.15. The lowest BCUT2D eigenvalue weighted by atomic mass is 10.4. The zero-order valence-corrected chi connectivity index (χ0v) is 15.2. The summed E-state index contributed by atoms with van der Waals surface area (Å²) >= 11 is 2.64. The Hall–Kier alpha value is -2.59. The molecular weight excluding hydrogens is 362 g/mol. The second kappa shape index (κ2) is 7.53. The van der Waals surface area contributed by atoms with Gasteiger partial charge in [-0.2, -0.15) is 0 Å². The van der Waals surface area contributed by atoms with Gasteiger partial charge in [0, 0.05) is 0 Å². The summed E-state index contributed by atoms with van der Waals surface area (Å²) in [6.07, 6.45) is 1.71. The van der Waals surface area contributed by atoms with Gasteiger partial charge in [-0.25, -0.2) is 14.5 Å². The molecule has 0 aliphatic carbocycles. The van der Waals surface area contributed by atoms with Crippen LogP contribution in [0.4, 0.5) is 5.13 Å². The van der Waals surface area contributed by atoms with Gasteiger partial charge in [-0.1, -0.05) is 22.6 Å². The highest BCUT2D eigenvalue weighted by atomic mass is 32.1. The van der Waals surface area contributed by atoms with Gasteiger partial charge in [-0.15, -0.1) is 16.4 Å². The third-order valence-corrected chi connectivity index (χ3v) is 5.07. The number of nitrogens with zero attached hydrogens (tertiary/aromatic N) is 4. The van der Waals surface area contributed by atoms with Crippen LogP contribution in [-0.2, 0) is 16.1 Å². The standard InChI is InChI=1S/C15H15N5O3S2/c1-3-23-14(22)13-9(2)16-15(25-13)17-12(21)8-20-7-10(18-19-20)11-5-4-6-24-11/h4-7H,3,8H2,1-2H3,(H,16,17,21). The number of esters is 1. The van der Waals surface area contributed by atoms with Gasteiger partial charge in [0.05, 0.1) is 23.4 Å². The fraction of sp³-hybridized carbons (Fsp3) is 0.267. The summed E-state index contributed by atoms with van der Waals surface area (Å²) in [7, 11) is 0. The Bertz CT molecular complexity index is 885. The largest absolute Gasteiger partial charge is 0.462 e. The van der Waals surface area contributed by atoms with Gasteiger partial charge < -0.3 is 10.1 Å². The van der Waals surface area contributed by atoms with Crippen LogP contribution < -0.4 is 5.32 Å². The van der Waals surface area contributed by atoms with Crippen molar-refractivity contribution in [3.05, 3.63) is 34.3 Å². The number of carbonyl (C=O) groups is 2. The summed E-state index contributed by atoms with van der Waals surface area (Å²) in [6, 6.07) is 3.87. The van der Waals surface area contributed by atoms with Gasteiger partial charge in [-0.05, 0) is 25.3 Å². The monoisotopic (exact) mass is 377 g/mol. The molecule has 0 spiro atoms. The molecule has 0 saturated heterocycles. The van der Waals surface area contributed by atoms with Crippen molar-refractivity contribution < 1.29 is 14.3 Å². The van der Waals surface area contributed by atoms with Crippen molar-refractivity contribution in [1.82, 2.24) is 20.0 Å². The zero-order valence-electron chi connectivity index (χ0n) is 13.6. The lowest BCUT2D eigenvalue weighted by Crippen LogP contribution is -2.19. The number of carbonyl (C=O) groups excluding carboxylic acids is 2. The van der Waals surface area contributed by atoms with E-state index < -0.39 is 5.97 Å². The van der Waals surface area contributed by atoms with E-state index in [-0.39, 0.29) is 19.1 Å². The smallest absolute Gasteiger partial charge is 0.350 e. The van der Waals surface area contributed by atoms with Gasteiger partial charge in [-0.3, -0.25) is 4.79 Å². The number of thiazole rings is 1. The zero-order chi connectivity index (χ0) is 17.8. The minimum Gasteiger partial charge on any atom is -0.462 e. The highest BCUT2D eigenvalue weighted by Crippen LogP contribution is 2.24. The van der Waals surface area contributed by atoms with Crippen molar-refractivity contribution in [3.63, 3.8) is 0 Å². The molecule has 3 heterocycles. The van der Waals surface area contributed by atoms with E-state index >= 15 is 0 Å². The molecule has 25 heavy (non-hydrogen) atoms. The fourth-order valence-corrected chi connectivity index (χ4v) is 3.61. The number of rotatable bonds is 6. The molecule has 0 aromatic carbocycles. The van der Waals surface area contributed by atoms with Crippen molar-refractivity contribution >= 4 is 39.7 Å². The van der Waals surface area contributed by atoms with Crippen LogP contribution in [-0.4, -0.2) is 38.5 Å². The summed E-state index contributed by atoms with van der Waals surface area (Å²) in [5.74, 6) is -0.735. The van der Waals surface area contributed by atoms with Gasteiger partial charge in [0.15, 0.2) is 5.13 Å². The van der Waals surface area contributed by atoms with Crippen molar-refractivity contribution in [3.8, 4) is 10.6 Å². The molecule has 0 radical (unpaired) electrons. The first-order chi connectivity index (χ1) is 12.1. The van der Waals surface area contributed by atoms with Crippen LogP contribution in [0.5, 0.6) is 0 Å². The van der Waals surface area contributed by atoms with Crippen LogP contribution in [0.25, 0.3) is 10.6 Å². The third-order valence-electron chi connectivity index (χ3n) is 3.12. The van der Waals surface area contributed by atoms with E-state index in [1.54, 1.807) is 31.4 Å². The van der Waals surface area contributed by atoms with Gasteiger partial charge >= 0.3 is 5.97 Å². The maximum atomic E-state index is 12.1. The van der Waals surface area contributed by atoms with Crippen molar-refractivity contribution in [2.24, 2.45) is 0 Å². The number of ether oxygens (including phenoxy) is 1. The van der Waals surface area contributed by atoms with Crippen LogP contribution in [0.1, 0.15) is 22.3 Å². The van der Waals surface area contributed by atoms with E-state index in [1.807, 2.05) is 17.5 Å². The molecule has 3 aromatic rings. The van der Waals surface area contributed by atoms with Crippen molar-refractivity contribution in [1.29, 1.82) is 0 Å². The van der Waals surface area contributed by atoms with Crippen LogP contribution in [0, 0.1) is 6.92 Å². The highest BCUT2D eigenvalue weighted by molar-refractivity contribution is 7.17. The predicted molar refractivity (Wildman–Crippen MR) is 94.8 cm³/mol. The van der Waals surface area contributed by atoms with Crippen LogP contribution >= 0.6 is 22.7 Å². The van der Waals surface area contributed by atoms with Crippen LogP contribution in [0.2, 0.25) is 0 Å². The first-order valence-electron chi connectivity index (χ1n) is 7.45. The fourth-order valence-electron chi connectivity index (χ4n) is 2.05. The third kappa shape index (κ3) is 4.09. The number of hydrogen-bond donors (Lipinski definition) is 1. The maximum absolute atomic E-state index is 12.1. The molecule has 0 fully saturated rings. The van der Waals surface area contributed by atoms with Gasteiger partial charge in [0.25, 0.3) is 0 Å². The second-order valence-electron chi connectivity index (χ2n) is 4.98. The molecule has 130 valence electrons. The average molecular weight is 377 g/mol. The second-order valence-corrected chi connectivity index (χ2v) is 6.93. The van der Waals surface area contributed by atoms with Crippen LogP contribution in [0.15, 0.2) is 23.7 Å². The molecule has 3 rings (SSSR count). The number of amides is 1. The summed E-state index contributed by atoms with van der Waals surface area (Å²) in [5.41, 5.74) is 1.25. The Morgan fingerprint density at radius 1 is 1.40 bits per heavy atom. The average Bonchev–Trinajstić information content (AvgIpc) is 3.28. The summed E-state index contributed by atoms with van der Waals surface area (Å²) < 4.78 is 6.41. The lowest BCUT2D eigenvalue weighted by Gasteiger charge is -2.00. The first kappa shape index (κ1) is 17.2. The molecule has 1 amide bonds. The molecule has 3 aromatic heterocycles. The minimum atomic E-state index is -0.435. The van der Waals surface area contributed by atoms with E-state index in [2.05, 4.69) is 20.6 Å². The number of anilines is 1. The van der Waals surface area contributed by atoms with E-state index in [9.17, 15) is 9.59 Å². The summed E-state index contributed by atoms with van der Waals surface area (Å²) in [4.78, 5) is 29.5.